The summed E-state index contributed by atoms with van der Waals surface area (Å²) in [6.45, 7) is 4.50. The molecule has 1 atom stereocenters. The Morgan fingerprint density at radius 3 is 2.03 bits per heavy atom. The molecule has 168 valence electrons. The van der Waals surface area contributed by atoms with Gasteiger partial charge in [0.2, 0.25) is 5.91 Å². The minimum Gasteiger partial charge on any atom is -0.497 e. The van der Waals surface area contributed by atoms with E-state index >= 15 is 0 Å². The van der Waals surface area contributed by atoms with Gasteiger partial charge >= 0.3 is 0 Å². The van der Waals surface area contributed by atoms with E-state index in [-0.39, 0.29) is 25.0 Å². The zero-order chi connectivity index (χ0) is 22.6. The lowest BCUT2D eigenvalue weighted by molar-refractivity contribution is -0.142. The van der Waals surface area contributed by atoms with Gasteiger partial charge in [0.15, 0.2) is 6.61 Å². The fourth-order valence-electron chi connectivity index (χ4n) is 2.95. The zero-order valence-corrected chi connectivity index (χ0v) is 18.7. The van der Waals surface area contributed by atoms with Gasteiger partial charge in [-0.2, -0.15) is 0 Å². The van der Waals surface area contributed by atoms with E-state index in [0.29, 0.717) is 18.0 Å². The Bertz CT molecular complexity index is 821. The van der Waals surface area contributed by atoms with Crippen molar-refractivity contribution >= 4 is 11.8 Å². The molecule has 0 aliphatic heterocycles. The van der Waals surface area contributed by atoms with Crippen molar-refractivity contribution in [3.05, 3.63) is 54.1 Å². The first kappa shape index (κ1) is 24.1. The van der Waals surface area contributed by atoms with Crippen LogP contribution in [0.25, 0.3) is 0 Å². The van der Waals surface area contributed by atoms with Crippen molar-refractivity contribution in [2.75, 3.05) is 27.4 Å². The largest absolute Gasteiger partial charge is 0.497 e. The SMILES string of the molecule is CCCCNC(=O)[C@H](C)N(Cc1ccc(OC)cc1)C(=O)COc1ccc(OC)cc1. The summed E-state index contributed by atoms with van der Waals surface area (Å²) in [4.78, 5) is 27.2. The molecule has 0 unspecified atom stereocenters. The van der Waals surface area contributed by atoms with Crippen molar-refractivity contribution in [1.29, 1.82) is 0 Å². The maximum atomic E-state index is 13.0. The molecule has 31 heavy (non-hydrogen) atoms. The van der Waals surface area contributed by atoms with Crippen LogP contribution in [0, 0.1) is 0 Å². The molecule has 2 aromatic rings. The van der Waals surface area contributed by atoms with Crippen LogP contribution in [0.5, 0.6) is 17.2 Å². The molecule has 2 aromatic carbocycles. The normalized spacial score (nSPS) is 11.4. The molecular formula is C24H32N2O5. The van der Waals surface area contributed by atoms with Crippen molar-refractivity contribution in [1.82, 2.24) is 10.2 Å². The van der Waals surface area contributed by atoms with Gasteiger partial charge in [0.05, 0.1) is 14.2 Å². The maximum absolute atomic E-state index is 13.0. The van der Waals surface area contributed by atoms with Crippen LogP contribution in [0.2, 0.25) is 0 Å². The lowest BCUT2D eigenvalue weighted by Crippen LogP contribution is -2.49. The standard InChI is InChI=1S/C24H32N2O5/c1-5-6-15-25-24(28)18(2)26(16-19-7-9-20(29-3)10-8-19)23(27)17-31-22-13-11-21(30-4)12-14-22/h7-14,18H,5-6,15-17H2,1-4H3,(H,25,28)/t18-/m0/s1. The van der Waals surface area contributed by atoms with E-state index in [0.717, 1.165) is 24.2 Å². The van der Waals surface area contributed by atoms with Gasteiger partial charge in [-0.05, 0) is 55.3 Å². The molecule has 0 heterocycles. The fraction of sp³-hybridized carbons (Fsp3) is 0.417. The van der Waals surface area contributed by atoms with E-state index in [9.17, 15) is 9.59 Å². The van der Waals surface area contributed by atoms with E-state index in [1.807, 2.05) is 24.3 Å². The monoisotopic (exact) mass is 428 g/mol. The van der Waals surface area contributed by atoms with Crippen LogP contribution in [0.15, 0.2) is 48.5 Å². The summed E-state index contributed by atoms with van der Waals surface area (Å²) in [5.74, 6) is 1.54. The summed E-state index contributed by atoms with van der Waals surface area (Å²) in [7, 11) is 3.19. The van der Waals surface area contributed by atoms with Gasteiger partial charge < -0.3 is 24.4 Å². The number of nitrogens with one attached hydrogen (secondary N) is 1. The van der Waals surface area contributed by atoms with Gasteiger partial charge in [-0.3, -0.25) is 9.59 Å². The smallest absolute Gasteiger partial charge is 0.261 e. The Labute approximate surface area is 184 Å². The molecule has 0 spiro atoms. The van der Waals surface area contributed by atoms with Crippen molar-refractivity contribution in [2.24, 2.45) is 0 Å². The van der Waals surface area contributed by atoms with Crippen LogP contribution < -0.4 is 19.5 Å². The van der Waals surface area contributed by atoms with Gasteiger partial charge in [0, 0.05) is 13.1 Å². The Morgan fingerprint density at radius 1 is 0.935 bits per heavy atom. The summed E-state index contributed by atoms with van der Waals surface area (Å²) < 4.78 is 16.0. The van der Waals surface area contributed by atoms with Crippen LogP contribution in [-0.4, -0.2) is 50.1 Å². The number of hydrogen-bond acceptors (Lipinski definition) is 5. The first-order valence-corrected chi connectivity index (χ1v) is 10.5. The fourth-order valence-corrected chi connectivity index (χ4v) is 2.95. The zero-order valence-electron chi connectivity index (χ0n) is 18.7. The van der Waals surface area contributed by atoms with Gasteiger partial charge in [-0.15, -0.1) is 0 Å². The Balaban J connectivity index is 2.09. The third-order valence-corrected chi connectivity index (χ3v) is 4.93. The number of rotatable bonds is 12. The Morgan fingerprint density at radius 2 is 1.48 bits per heavy atom. The van der Waals surface area contributed by atoms with Gasteiger partial charge in [-0.1, -0.05) is 25.5 Å². The molecular weight excluding hydrogens is 396 g/mol. The van der Waals surface area contributed by atoms with Crippen LogP contribution in [0.4, 0.5) is 0 Å². The van der Waals surface area contributed by atoms with E-state index in [1.165, 1.54) is 4.90 Å². The Hall–Kier alpha value is -3.22. The molecule has 7 nitrogen and oxygen atoms in total. The number of methoxy groups -OCH3 is 2. The number of unbranched alkanes of at least 4 members (excludes halogenated alkanes) is 1. The summed E-state index contributed by atoms with van der Waals surface area (Å²) in [5, 5.41) is 2.90. The first-order chi connectivity index (χ1) is 15.0. The molecule has 1 N–H and O–H groups in total. The van der Waals surface area contributed by atoms with Crippen molar-refractivity contribution < 1.29 is 23.8 Å². The van der Waals surface area contributed by atoms with E-state index in [1.54, 1.807) is 45.4 Å². The molecule has 2 rings (SSSR count). The lowest BCUT2D eigenvalue weighted by atomic mass is 10.1. The number of ether oxygens (including phenoxy) is 3. The summed E-state index contributed by atoms with van der Waals surface area (Å²) >= 11 is 0. The average Bonchev–Trinajstić information content (AvgIpc) is 2.81. The molecule has 0 fully saturated rings. The predicted molar refractivity (Wildman–Crippen MR) is 119 cm³/mol. The van der Waals surface area contributed by atoms with E-state index < -0.39 is 6.04 Å². The average molecular weight is 429 g/mol. The van der Waals surface area contributed by atoms with Crippen LogP contribution >= 0.6 is 0 Å². The van der Waals surface area contributed by atoms with Crippen molar-refractivity contribution in [3.8, 4) is 17.2 Å². The maximum Gasteiger partial charge on any atom is 0.261 e. The number of hydrogen-bond donors (Lipinski definition) is 1. The molecule has 0 radical (unpaired) electrons. The first-order valence-electron chi connectivity index (χ1n) is 10.5. The van der Waals surface area contributed by atoms with Gasteiger partial charge in [0.25, 0.3) is 5.91 Å². The summed E-state index contributed by atoms with van der Waals surface area (Å²) in [6.07, 6.45) is 1.88. The van der Waals surface area contributed by atoms with Gasteiger partial charge in [0.1, 0.15) is 23.3 Å². The molecule has 0 aromatic heterocycles. The third kappa shape index (κ3) is 7.51. The van der Waals surface area contributed by atoms with Crippen molar-refractivity contribution in [2.45, 2.75) is 39.3 Å². The molecule has 0 aliphatic rings. The lowest BCUT2D eigenvalue weighted by Gasteiger charge is -2.28. The molecule has 0 saturated heterocycles. The predicted octanol–water partition coefficient (Wildman–Crippen LogP) is 3.42. The number of carbonyl (C=O) groups excluding carboxylic acids is 2. The highest BCUT2D eigenvalue weighted by Crippen LogP contribution is 2.18. The molecule has 7 heteroatoms. The van der Waals surface area contributed by atoms with Crippen LogP contribution in [0.3, 0.4) is 0 Å². The topological polar surface area (TPSA) is 77.1 Å². The minimum atomic E-state index is -0.633. The number of carbonyl (C=O) groups is 2. The quantitative estimate of drug-likeness (QED) is 0.524. The molecule has 0 saturated carbocycles. The van der Waals surface area contributed by atoms with Gasteiger partial charge in [-0.25, -0.2) is 0 Å². The molecule has 0 bridgehead atoms. The second kappa shape index (κ2) is 12.5. The molecule has 2 amide bonds. The minimum absolute atomic E-state index is 0.172. The number of nitrogens with zero attached hydrogens (tertiary/aromatic N) is 1. The van der Waals surface area contributed by atoms with Crippen LogP contribution in [0.1, 0.15) is 32.3 Å². The highest BCUT2D eigenvalue weighted by molar-refractivity contribution is 5.87. The number of benzene rings is 2. The number of amides is 2. The Kier molecular flexibility index (Phi) is 9.68. The van der Waals surface area contributed by atoms with E-state index in [4.69, 9.17) is 14.2 Å². The van der Waals surface area contributed by atoms with Crippen LogP contribution in [-0.2, 0) is 16.1 Å². The highest BCUT2D eigenvalue weighted by atomic mass is 16.5. The third-order valence-electron chi connectivity index (χ3n) is 4.93. The second-order valence-corrected chi connectivity index (χ2v) is 7.15. The highest BCUT2D eigenvalue weighted by Gasteiger charge is 2.26. The summed E-state index contributed by atoms with van der Waals surface area (Å²) in [6, 6.07) is 13.8. The molecule has 0 aliphatic carbocycles. The van der Waals surface area contributed by atoms with E-state index in [2.05, 4.69) is 12.2 Å². The second-order valence-electron chi connectivity index (χ2n) is 7.15. The van der Waals surface area contributed by atoms with Crippen molar-refractivity contribution in [3.63, 3.8) is 0 Å². The summed E-state index contributed by atoms with van der Waals surface area (Å²) in [5.41, 5.74) is 0.895.